The van der Waals surface area contributed by atoms with Gasteiger partial charge in [0.25, 0.3) is 0 Å². The third-order valence-electron chi connectivity index (χ3n) is 5.16. The predicted octanol–water partition coefficient (Wildman–Crippen LogP) is 3.74. The summed E-state index contributed by atoms with van der Waals surface area (Å²) in [6.07, 6.45) is 7.14. The van der Waals surface area contributed by atoms with Crippen LogP contribution in [-0.2, 0) is 0 Å². The van der Waals surface area contributed by atoms with Crippen LogP contribution in [0, 0.1) is 5.41 Å². The zero-order chi connectivity index (χ0) is 17.3. The van der Waals surface area contributed by atoms with Crippen LogP contribution in [0.2, 0.25) is 0 Å². The second kappa shape index (κ2) is 10.0. The van der Waals surface area contributed by atoms with E-state index < -0.39 is 0 Å². The summed E-state index contributed by atoms with van der Waals surface area (Å²) in [5, 5.41) is 20.7. The van der Waals surface area contributed by atoms with Crippen LogP contribution in [0.1, 0.15) is 63.9 Å². The predicted molar refractivity (Wildman–Crippen MR) is 104 cm³/mol. The van der Waals surface area contributed by atoms with Crippen molar-refractivity contribution < 1.29 is 5.11 Å². The molecule has 1 aromatic heterocycles. The van der Waals surface area contributed by atoms with Crippen LogP contribution in [0.25, 0.3) is 0 Å². The molecule has 1 atom stereocenters. The second-order valence-corrected chi connectivity index (χ2v) is 7.85. The van der Waals surface area contributed by atoms with E-state index in [1.807, 2.05) is 0 Å². The van der Waals surface area contributed by atoms with Crippen molar-refractivity contribution >= 4 is 17.3 Å². The highest BCUT2D eigenvalue weighted by molar-refractivity contribution is 7.07. The molecule has 3 N–H and O–H groups in total. The monoisotopic (exact) mass is 351 g/mol. The first-order chi connectivity index (χ1) is 11.7. The number of aliphatic hydroxyl groups is 1. The summed E-state index contributed by atoms with van der Waals surface area (Å²) in [5.41, 5.74) is 1.58. The fraction of sp³-hybridized carbons (Fsp3) is 0.737. The SMILES string of the molecule is CCNC(=NCC1(CCO)CCCCC1)NCC(C)c1ccsc1. The van der Waals surface area contributed by atoms with E-state index in [1.165, 1.54) is 37.7 Å². The molecule has 24 heavy (non-hydrogen) atoms. The number of thiophene rings is 1. The van der Waals surface area contributed by atoms with Gasteiger partial charge in [-0.05, 0) is 59.9 Å². The van der Waals surface area contributed by atoms with E-state index in [0.717, 1.165) is 32.0 Å². The average Bonchev–Trinajstić information content (AvgIpc) is 3.13. The van der Waals surface area contributed by atoms with Crippen LogP contribution >= 0.6 is 11.3 Å². The molecule has 0 aromatic carbocycles. The van der Waals surface area contributed by atoms with E-state index in [0.29, 0.717) is 5.92 Å². The van der Waals surface area contributed by atoms with Crippen molar-refractivity contribution in [2.45, 2.75) is 58.3 Å². The van der Waals surface area contributed by atoms with Crippen LogP contribution in [-0.4, -0.2) is 37.3 Å². The van der Waals surface area contributed by atoms with Gasteiger partial charge in [-0.25, -0.2) is 0 Å². The fourth-order valence-electron chi connectivity index (χ4n) is 3.54. The van der Waals surface area contributed by atoms with Gasteiger partial charge in [-0.15, -0.1) is 0 Å². The summed E-state index contributed by atoms with van der Waals surface area (Å²) in [5.74, 6) is 1.38. The first kappa shape index (κ1) is 19.3. The molecule has 0 bridgehead atoms. The first-order valence-corrected chi connectivity index (χ1v) is 10.3. The van der Waals surface area contributed by atoms with Crippen molar-refractivity contribution in [3.8, 4) is 0 Å². The lowest BCUT2D eigenvalue weighted by Crippen LogP contribution is -2.40. The minimum absolute atomic E-state index is 0.203. The third kappa shape index (κ3) is 5.78. The van der Waals surface area contributed by atoms with Gasteiger partial charge in [0.2, 0.25) is 0 Å². The van der Waals surface area contributed by atoms with Crippen molar-refractivity contribution in [3.63, 3.8) is 0 Å². The van der Waals surface area contributed by atoms with E-state index in [9.17, 15) is 5.11 Å². The number of hydrogen-bond acceptors (Lipinski definition) is 3. The normalized spacial score (nSPS) is 19.0. The second-order valence-electron chi connectivity index (χ2n) is 7.07. The molecule has 0 radical (unpaired) electrons. The third-order valence-corrected chi connectivity index (χ3v) is 5.86. The number of nitrogens with zero attached hydrogens (tertiary/aromatic N) is 1. The van der Waals surface area contributed by atoms with E-state index >= 15 is 0 Å². The Bertz CT molecular complexity index is 475. The Hall–Kier alpha value is -1.07. The summed E-state index contributed by atoms with van der Waals surface area (Å²) >= 11 is 1.75. The smallest absolute Gasteiger partial charge is 0.191 e. The molecule has 1 unspecified atom stereocenters. The minimum atomic E-state index is 0.203. The molecular formula is C19H33N3OS. The van der Waals surface area contributed by atoms with Crippen molar-refractivity contribution in [2.24, 2.45) is 10.4 Å². The maximum atomic E-state index is 9.46. The molecule has 1 heterocycles. The highest BCUT2D eigenvalue weighted by Crippen LogP contribution is 2.39. The summed E-state index contributed by atoms with van der Waals surface area (Å²) < 4.78 is 0. The zero-order valence-electron chi connectivity index (χ0n) is 15.2. The van der Waals surface area contributed by atoms with Gasteiger partial charge in [-0.2, -0.15) is 11.3 Å². The molecule has 1 saturated carbocycles. The van der Waals surface area contributed by atoms with Gasteiger partial charge < -0.3 is 15.7 Å². The van der Waals surface area contributed by atoms with Gasteiger partial charge in [-0.1, -0.05) is 26.2 Å². The van der Waals surface area contributed by atoms with Gasteiger partial charge in [0, 0.05) is 26.2 Å². The minimum Gasteiger partial charge on any atom is -0.396 e. The highest BCUT2D eigenvalue weighted by atomic mass is 32.1. The molecule has 1 aliphatic carbocycles. The quantitative estimate of drug-likeness (QED) is 0.494. The van der Waals surface area contributed by atoms with E-state index in [4.69, 9.17) is 4.99 Å². The Balaban J connectivity index is 1.93. The van der Waals surface area contributed by atoms with E-state index in [-0.39, 0.29) is 12.0 Å². The molecular weight excluding hydrogens is 318 g/mol. The van der Waals surface area contributed by atoms with Gasteiger partial charge in [-0.3, -0.25) is 4.99 Å². The van der Waals surface area contributed by atoms with E-state index in [2.05, 4.69) is 41.3 Å². The first-order valence-electron chi connectivity index (χ1n) is 9.34. The number of aliphatic imine (C=N–C) groups is 1. The zero-order valence-corrected chi connectivity index (χ0v) is 16.0. The van der Waals surface area contributed by atoms with Crippen molar-refractivity contribution in [3.05, 3.63) is 22.4 Å². The van der Waals surface area contributed by atoms with Gasteiger partial charge in [0.15, 0.2) is 5.96 Å². The Kier molecular flexibility index (Phi) is 8.06. The largest absolute Gasteiger partial charge is 0.396 e. The number of rotatable bonds is 8. The highest BCUT2D eigenvalue weighted by Gasteiger charge is 2.31. The topological polar surface area (TPSA) is 56.7 Å². The molecule has 4 nitrogen and oxygen atoms in total. The molecule has 0 spiro atoms. The van der Waals surface area contributed by atoms with Gasteiger partial charge >= 0.3 is 0 Å². The Labute approximate surface area is 150 Å². The Morgan fingerprint density at radius 1 is 1.33 bits per heavy atom. The Morgan fingerprint density at radius 2 is 2.12 bits per heavy atom. The van der Waals surface area contributed by atoms with Crippen molar-refractivity contribution in [1.82, 2.24) is 10.6 Å². The maximum absolute atomic E-state index is 9.46. The van der Waals surface area contributed by atoms with Crippen LogP contribution in [0.3, 0.4) is 0 Å². The summed E-state index contributed by atoms with van der Waals surface area (Å²) in [7, 11) is 0. The number of guanidine groups is 1. The molecule has 1 fully saturated rings. The van der Waals surface area contributed by atoms with Crippen LogP contribution < -0.4 is 10.6 Å². The lowest BCUT2D eigenvalue weighted by atomic mass is 9.72. The van der Waals surface area contributed by atoms with Crippen LogP contribution in [0.5, 0.6) is 0 Å². The lowest BCUT2D eigenvalue weighted by Gasteiger charge is -2.35. The standard InChI is InChI=1S/C19H33N3OS/c1-3-20-18(21-13-16(2)17-7-12-24-14-17)22-15-19(10-11-23)8-5-4-6-9-19/h7,12,14,16,23H,3-6,8-11,13,15H2,1-2H3,(H2,20,21,22). The van der Waals surface area contributed by atoms with Crippen LogP contribution in [0.15, 0.2) is 21.8 Å². The maximum Gasteiger partial charge on any atom is 0.191 e. The van der Waals surface area contributed by atoms with Gasteiger partial charge in [0.05, 0.1) is 0 Å². The summed E-state index contributed by atoms with van der Waals surface area (Å²) in [6.45, 7) is 7.18. The molecule has 1 aromatic rings. The van der Waals surface area contributed by atoms with Crippen molar-refractivity contribution in [1.29, 1.82) is 0 Å². The van der Waals surface area contributed by atoms with Gasteiger partial charge in [0.1, 0.15) is 0 Å². The average molecular weight is 352 g/mol. The summed E-state index contributed by atoms with van der Waals surface area (Å²) in [6, 6.07) is 2.19. The molecule has 0 amide bonds. The number of aliphatic hydroxyl groups excluding tert-OH is 1. The molecule has 2 rings (SSSR count). The molecule has 0 saturated heterocycles. The van der Waals surface area contributed by atoms with Crippen LogP contribution in [0.4, 0.5) is 0 Å². The van der Waals surface area contributed by atoms with E-state index in [1.54, 1.807) is 11.3 Å². The van der Waals surface area contributed by atoms with Crippen molar-refractivity contribution in [2.75, 3.05) is 26.2 Å². The number of nitrogens with one attached hydrogen (secondary N) is 2. The molecule has 0 aliphatic heterocycles. The summed E-state index contributed by atoms with van der Waals surface area (Å²) in [4.78, 5) is 4.87. The molecule has 5 heteroatoms. The Morgan fingerprint density at radius 3 is 2.75 bits per heavy atom. The lowest BCUT2D eigenvalue weighted by molar-refractivity contribution is 0.137. The fourth-order valence-corrected chi connectivity index (χ4v) is 4.32. The molecule has 136 valence electrons. The molecule has 1 aliphatic rings. The number of hydrogen-bond donors (Lipinski definition) is 3.